The molecule has 0 saturated carbocycles. The average Bonchev–Trinajstić information content (AvgIpc) is 3.08. The summed E-state index contributed by atoms with van der Waals surface area (Å²) in [6, 6.07) is 19.6. The van der Waals surface area contributed by atoms with Gasteiger partial charge >= 0.3 is 5.97 Å². The normalized spacial score (nSPS) is 16.4. The Morgan fingerprint density at radius 2 is 1.58 bits per heavy atom. The summed E-state index contributed by atoms with van der Waals surface area (Å²) in [6.07, 6.45) is 0. The van der Waals surface area contributed by atoms with E-state index in [9.17, 15) is 14.4 Å². The van der Waals surface area contributed by atoms with Gasteiger partial charge < -0.3 is 14.8 Å². The first-order chi connectivity index (χ1) is 15.0. The molecule has 2 heterocycles. The van der Waals surface area contributed by atoms with E-state index in [1.165, 1.54) is 0 Å². The number of ether oxygens (including phenoxy) is 2. The SMILES string of the molecule is C[C@@H]1C(=O)Nc2ccc(C(=O)COC(=O)C3c4ccccc4Oc4ccccc43)cc21. The van der Waals surface area contributed by atoms with E-state index < -0.39 is 11.9 Å². The van der Waals surface area contributed by atoms with Crippen LogP contribution in [0.15, 0.2) is 66.7 Å². The van der Waals surface area contributed by atoms with Crippen LogP contribution in [-0.2, 0) is 14.3 Å². The van der Waals surface area contributed by atoms with Crippen molar-refractivity contribution in [3.8, 4) is 11.5 Å². The van der Waals surface area contributed by atoms with Gasteiger partial charge in [0.2, 0.25) is 5.91 Å². The highest BCUT2D eigenvalue weighted by Crippen LogP contribution is 2.44. The Hall–Kier alpha value is -3.93. The van der Waals surface area contributed by atoms with Crippen LogP contribution in [0.4, 0.5) is 5.69 Å². The molecule has 0 aromatic heterocycles. The van der Waals surface area contributed by atoms with Crippen molar-refractivity contribution >= 4 is 23.3 Å². The summed E-state index contributed by atoms with van der Waals surface area (Å²) >= 11 is 0. The second kappa shape index (κ2) is 7.40. The van der Waals surface area contributed by atoms with E-state index >= 15 is 0 Å². The maximum atomic E-state index is 13.1. The second-order valence-corrected chi connectivity index (χ2v) is 7.65. The smallest absolute Gasteiger partial charge is 0.318 e. The Labute approximate surface area is 178 Å². The Morgan fingerprint density at radius 1 is 0.935 bits per heavy atom. The first-order valence-electron chi connectivity index (χ1n) is 10.0. The van der Waals surface area contributed by atoms with Crippen LogP contribution in [0.1, 0.15) is 45.8 Å². The van der Waals surface area contributed by atoms with Gasteiger partial charge in [0.1, 0.15) is 17.4 Å². The van der Waals surface area contributed by atoms with Gasteiger partial charge in [-0.3, -0.25) is 14.4 Å². The number of rotatable bonds is 4. The second-order valence-electron chi connectivity index (χ2n) is 7.65. The molecule has 0 radical (unpaired) electrons. The monoisotopic (exact) mass is 413 g/mol. The molecule has 2 aliphatic heterocycles. The zero-order valence-corrected chi connectivity index (χ0v) is 16.8. The highest BCUT2D eigenvalue weighted by Gasteiger charge is 2.34. The fourth-order valence-electron chi connectivity index (χ4n) is 4.06. The number of hydrogen-bond acceptors (Lipinski definition) is 5. The van der Waals surface area contributed by atoms with E-state index in [1.54, 1.807) is 37.3 Å². The van der Waals surface area contributed by atoms with Crippen molar-refractivity contribution in [2.24, 2.45) is 0 Å². The number of fused-ring (bicyclic) bond motifs is 3. The topological polar surface area (TPSA) is 81.7 Å². The van der Waals surface area contributed by atoms with E-state index in [1.807, 2.05) is 36.4 Å². The number of amides is 1. The number of Topliss-reactive ketones (excluding diaryl/α,β-unsaturated/α-hetero) is 1. The van der Waals surface area contributed by atoms with Crippen LogP contribution in [0.5, 0.6) is 11.5 Å². The zero-order chi connectivity index (χ0) is 21.5. The average molecular weight is 413 g/mol. The van der Waals surface area contributed by atoms with E-state index in [0.29, 0.717) is 33.9 Å². The van der Waals surface area contributed by atoms with Crippen molar-refractivity contribution < 1.29 is 23.9 Å². The number of hydrogen-bond donors (Lipinski definition) is 1. The van der Waals surface area contributed by atoms with E-state index in [0.717, 1.165) is 5.56 Å². The fraction of sp³-hybridized carbons (Fsp3) is 0.160. The van der Waals surface area contributed by atoms with Crippen molar-refractivity contribution in [1.82, 2.24) is 0 Å². The summed E-state index contributed by atoms with van der Waals surface area (Å²) in [5, 5.41) is 2.78. The van der Waals surface area contributed by atoms with E-state index in [2.05, 4.69) is 5.32 Å². The van der Waals surface area contributed by atoms with Crippen molar-refractivity contribution in [3.63, 3.8) is 0 Å². The van der Waals surface area contributed by atoms with Crippen molar-refractivity contribution in [2.75, 3.05) is 11.9 Å². The van der Waals surface area contributed by atoms with Gasteiger partial charge in [-0.2, -0.15) is 0 Å². The maximum Gasteiger partial charge on any atom is 0.318 e. The third-order valence-corrected chi connectivity index (χ3v) is 5.75. The van der Waals surface area contributed by atoms with Gasteiger partial charge in [0.25, 0.3) is 0 Å². The Bertz CT molecular complexity index is 1190. The number of ketones is 1. The lowest BCUT2D eigenvalue weighted by atomic mass is 9.88. The molecular formula is C25H19NO5. The van der Waals surface area contributed by atoms with Gasteiger partial charge in [0.15, 0.2) is 12.4 Å². The molecule has 3 aromatic carbocycles. The van der Waals surface area contributed by atoms with Gasteiger partial charge in [-0.25, -0.2) is 0 Å². The van der Waals surface area contributed by atoms with Crippen LogP contribution in [-0.4, -0.2) is 24.3 Å². The molecular weight excluding hydrogens is 394 g/mol. The van der Waals surface area contributed by atoms with Crippen molar-refractivity contribution in [1.29, 1.82) is 0 Å². The number of benzene rings is 3. The number of para-hydroxylation sites is 2. The molecule has 0 saturated heterocycles. The molecule has 0 fully saturated rings. The molecule has 6 nitrogen and oxygen atoms in total. The molecule has 1 amide bonds. The van der Waals surface area contributed by atoms with Gasteiger partial charge in [-0.15, -0.1) is 0 Å². The first-order valence-corrected chi connectivity index (χ1v) is 10.0. The van der Waals surface area contributed by atoms with Crippen LogP contribution in [0, 0.1) is 0 Å². The fourth-order valence-corrected chi connectivity index (χ4v) is 4.06. The minimum absolute atomic E-state index is 0.0946. The van der Waals surface area contributed by atoms with Crippen LogP contribution in [0.25, 0.3) is 0 Å². The van der Waals surface area contributed by atoms with Gasteiger partial charge in [0.05, 0.1) is 5.92 Å². The number of esters is 1. The van der Waals surface area contributed by atoms with Crippen molar-refractivity contribution in [2.45, 2.75) is 18.8 Å². The van der Waals surface area contributed by atoms with Crippen LogP contribution in [0.3, 0.4) is 0 Å². The highest BCUT2D eigenvalue weighted by molar-refractivity contribution is 6.05. The largest absolute Gasteiger partial charge is 0.457 e. The Morgan fingerprint density at radius 3 is 2.26 bits per heavy atom. The maximum absolute atomic E-state index is 13.1. The lowest BCUT2D eigenvalue weighted by Gasteiger charge is -2.26. The summed E-state index contributed by atoms with van der Waals surface area (Å²) in [4.78, 5) is 37.6. The first kappa shape index (κ1) is 19.1. The van der Waals surface area contributed by atoms with Crippen molar-refractivity contribution in [3.05, 3.63) is 89.0 Å². The molecule has 0 aliphatic carbocycles. The summed E-state index contributed by atoms with van der Waals surface area (Å²) in [5.41, 5.74) is 3.29. The molecule has 0 unspecified atom stereocenters. The molecule has 1 N–H and O–H groups in total. The lowest BCUT2D eigenvalue weighted by Crippen LogP contribution is -2.23. The van der Waals surface area contributed by atoms with Crippen LogP contribution in [0.2, 0.25) is 0 Å². The number of carbonyl (C=O) groups is 3. The van der Waals surface area contributed by atoms with Gasteiger partial charge in [0, 0.05) is 22.4 Å². The standard InChI is InChI=1S/C25H19NO5/c1-14-18-12-15(10-11-19(18)26-24(14)28)20(27)13-30-25(29)23-16-6-2-4-8-21(16)31-22-9-5-3-7-17(22)23/h2-12,14,23H,13H2,1H3,(H,26,28)/t14-/m0/s1. The molecule has 5 rings (SSSR count). The summed E-state index contributed by atoms with van der Waals surface area (Å²) in [6.45, 7) is 1.41. The lowest BCUT2D eigenvalue weighted by molar-refractivity contribution is -0.143. The quantitative estimate of drug-likeness (QED) is 0.506. The zero-order valence-electron chi connectivity index (χ0n) is 16.8. The van der Waals surface area contributed by atoms with Crippen LogP contribution < -0.4 is 10.1 Å². The third-order valence-electron chi connectivity index (χ3n) is 5.75. The summed E-state index contributed by atoms with van der Waals surface area (Å²) in [7, 11) is 0. The van der Waals surface area contributed by atoms with E-state index in [4.69, 9.17) is 9.47 Å². The van der Waals surface area contributed by atoms with Gasteiger partial charge in [-0.1, -0.05) is 36.4 Å². The predicted molar refractivity (Wildman–Crippen MR) is 114 cm³/mol. The molecule has 154 valence electrons. The predicted octanol–water partition coefficient (Wildman–Crippen LogP) is 4.41. The van der Waals surface area contributed by atoms with Crippen LogP contribution >= 0.6 is 0 Å². The number of anilines is 1. The molecule has 2 aliphatic rings. The Balaban J connectivity index is 1.36. The third kappa shape index (κ3) is 3.26. The Kier molecular flexibility index (Phi) is 4.55. The van der Waals surface area contributed by atoms with E-state index in [-0.39, 0.29) is 24.2 Å². The minimum atomic E-state index is -0.671. The highest BCUT2D eigenvalue weighted by atomic mass is 16.5. The molecule has 0 spiro atoms. The minimum Gasteiger partial charge on any atom is -0.457 e. The van der Waals surface area contributed by atoms with Gasteiger partial charge in [-0.05, 0) is 42.8 Å². The molecule has 6 heteroatoms. The molecule has 1 atom stereocenters. The number of nitrogens with one attached hydrogen (secondary N) is 1. The summed E-state index contributed by atoms with van der Waals surface area (Å²) < 4.78 is 11.4. The molecule has 3 aromatic rings. The number of carbonyl (C=O) groups excluding carboxylic acids is 3. The molecule has 31 heavy (non-hydrogen) atoms. The molecule has 0 bridgehead atoms. The summed E-state index contributed by atoms with van der Waals surface area (Å²) in [5.74, 6) is -0.725.